The summed E-state index contributed by atoms with van der Waals surface area (Å²) in [6.07, 6.45) is 0. The predicted octanol–water partition coefficient (Wildman–Crippen LogP) is 0.275. The van der Waals surface area contributed by atoms with Crippen LogP contribution in [0.4, 0.5) is 0 Å². The number of alkyl halides is 1. The highest BCUT2D eigenvalue weighted by Gasteiger charge is 1.81. The van der Waals surface area contributed by atoms with Crippen molar-refractivity contribution in [1.82, 2.24) is 0 Å². The molecule has 3 nitrogen and oxygen atoms in total. The van der Waals surface area contributed by atoms with Crippen LogP contribution >= 0.6 is 11.6 Å². The summed E-state index contributed by atoms with van der Waals surface area (Å²) in [5.41, 5.74) is 4.57. The summed E-state index contributed by atoms with van der Waals surface area (Å²) in [7, 11) is 0. The van der Waals surface area contributed by atoms with Crippen LogP contribution in [-0.2, 0) is 4.79 Å². The summed E-state index contributed by atoms with van der Waals surface area (Å²) in [4.78, 5) is 9.24. The Morgan fingerprint density at radius 1 is 1.88 bits per heavy atom. The zero-order valence-corrected chi connectivity index (χ0v) is 5.48. The summed E-state index contributed by atoms with van der Waals surface area (Å²) in [5.74, 6) is -0.245. The first-order valence-electron chi connectivity index (χ1n) is 2.16. The van der Waals surface area contributed by atoms with Gasteiger partial charge in [0.2, 0.25) is 0 Å². The number of carboxylic acids is 1. The molecule has 0 unspecified atom stereocenters. The monoisotopic (exact) mass is 139 g/mol. The van der Waals surface area contributed by atoms with Gasteiger partial charge < -0.3 is 10.8 Å². The van der Waals surface area contributed by atoms with E-state index in [1.165, 1.54) is 0 Å². The van der Waals surface area contributed by atoms with Crippen LogP contribution in [0.15, 0.2) is 0 Å². The number of carboxylic acid groups (broad SMARTS) is 1. The number of rotatable bonds is 1. The maximum atomic E-state index is 9.24. The van der Waals surface area contributed by atoms with Crippen molar-refractivity contribution in [2.75, 3.05) is 12.4 Å². The SMILES string of the molecule is CCCl.NCC(=O)O. The average Bonchev–Trinajstić information content (AvgIpc) is 1.69. The third-order valence-electron chi connectivity index (χ3n) is 0.175. The van der Waals surface area contributed by atoms with Gasteiger partial charge in [0.25, 0.3) is 0 Å². The molecule has 4 heteroatoms. The Morgan fingerprint density at radius 2 is 2.00 bits per heavy atom. The van der Waals surface area contributed by atoms with E-state index in [1.54, 1.807) is 0 Å². The highest BCUT2D eigenvalue weighted by atomic mass is 35.5. The molecule has 0 spiro atoms. The standard InChI is InChI=1S/C2H5Cl.C2H5NO2/c1-2-3;3-1-2(4)5/h2H2,1H3;1,3H2,(H,4,5). The molecule has 0 heterocycles. The van der Waals surface area contributed by atoms with Gasteiger partial charge in [-0.2, -0.15) is 0 Å². The number of hydrogen-bond acceptors (Lipinski definition) is 2. The average molecular weight is 140 g/mol. The Labute approximate surface area is 53.4 Å². The van der Waals surface area contributed by atoms with Crippen LogP contribution in [0.25, 0.3) is 0 Å². The highest BCUT2D eigenvalue weighted by Crippen LogP contribution is 1.59. The molecular weight excluding hydrogens is 130 g/mol. The van der Waals surface area contributed by atoms with Crippen LogP contribution in [0.3, 0.4) is 0 Å². The predicted molar refractivity (Wildman–Crippen MR) is 33.1 cm³/mol. The summed E-state index contributed by atoms with van der Waals surface area (Å²) in [5, 5.41) is 7.60. The number of hydrogen-bond donors (Lipinski definition) is 2. The fourth-order valence-corrected chi connectivity index (χ4v) is 0. The first kappa shape index (κ1) is 10.7. The number of nitrogens with two attached hydrogens (primary N) is 1. The van der Waals surface area contributed by atoms with E-state index < -0.39 is 5.97 Å². The molecule has 50 valence electrons. The zero-order chi connectivity index (χ0) is 6.99. The highest BCUT2D eigenvalue weighted by molar-refractivity contribution is 6.17. The van der Waals surface area contributed by atoms with Crippen molar-refractivity contribution < 1.29 is 9.90 Å². The lowest BCUT2D eigenvalue weighted by molar-refractivity contribution is -0.135. The zero-order valence-electron chi connectivity index (χ0n) is 4.72. The van der Waals surface area contributed by atoms with Crippen LogP contribution < -0.4 is 5.73 Å². The molecule has 8 heavy (non-hydrogen) atoms. The van der Waals surface area contributed by atoms with E-state index in [4.69, 9.17) is 16.7 Å². The normalized spacial score (nSPS) is 6.88. The molecule has 0 aliphatic carbocycles. The van der Waals surface area contributed by atoms with E-state index in [-0.39, 0.29) is 6.54 Å². The van der Waals surface area contributed by atoms with Crippen molar-refractivity contribution >= 4 is 17.6 Å². The summed E-state index contributed by atoms with van der Waals surface area (Å²) >= 11 is 5.00. The molecule has 0 saturated heterocycles. The molecular formula is C4H10ClNO2. The summed E-state index contributed by atoms with van der Waals surface area (Å²) in [6.45, 7) is 1.61. The van der Waals surface area contributed by atoms with Crippen molar-refractivity contribution in [2.45, 2.75) is 6.92 Å². The second-order valence-corrected chi connectivity index (χ2v) is 1.40. The number of carbonyl (C=O) groups is 1. The van der Waals surface area contributed by atoms with Crippen LogP contribution in [-0.4, -0.2) is 23.5 Å². The first-order valence-corrected chi connectivity index (χ1v) is 2.70. The molecule has 0 amide bonds. The van der Waals surface area contributed by atoms with Gasteiger partial charge in [-0.3, -0.25) is 4.79 Å². The molecule has 0 aromatic heterocycles. The van der Waals surface area contributed by atoms with E-state index in [0.29, 0.717) is 0 Å². The smallest absolute Gasteiger partial charge is 0.317 e. The lowest BCUT2D eigenvalue weighted by Gasteiger charge is -1.73. The van der Waals surface area contributed by atoms with Crippen LogP contribution in [0.1, 0.15) is 6.92 Å². The third-order valence-corrected chi connectivity index (χ3v) is 0.175. The Kier molecular flexibility index (Phi) is 13.1. The summed E-state index contributed by atoms with van der Waals surface area (Å²) < 4.78 is 0. The van der Waals surface area contributed by atoms with E-state index in [0.717, 1.165) is 5.88 Å². The minimum Gasteiger partial charge on any atom is -0.480 e. The lowest BCUT2D eigenvalue weighted by atomic mass is 10.7. The largest absolute Gasteiger partial charge is 0.480 e. The number of halogens is 1. The maximum Gasteiger partial charge on any atom is 0.317 e. The molecule has 0 aromatic rings. The van der Waals surface area contributed by atoms with E-state index in [9.17, 15) is 4.79 Å². The summed E-state index contributed by atoms with van der Waals surface area (Å²) in [6, 6.07) is 0. The molecule has 0 rings (SSSR count). The van der Waals surface area contributed by atoms with Crippen molar-refractivity contribution in [3.8, 4) is 0 Å². The van der Waals surface area contributed by atoms with Crippen molar-refractivity contribution in [2.24, 2.45) is 5.73 Å². The lowest BCUT2D eigenvalue weighted by Crippen LogP contribution is -2.10. The van der Waals surface area contributed by atoms with Gasteiger partial charge in [0.05, 0.1) is 6.54 Å². The fraction of sp³-hybridized carbons (Fsp3) is 0.750. The third kappa shape index (κ3) is 43.1. The number of aliphatic carboxylic acids is 1. The molecule has 0 bridgehead atoms. The maximum absolute atomic E-state index is 9.24. The van der Waals surface area contributed by atoms with Gasteiger partial charge in [0, 0.05) is 5.88 Å². The Bertz CT molecular complexity index is 58.0. The van der Waals surface area contributed by atoms with Crippen LogP contribution in [0, 0.1) is 0 Å². The second kappa shape index (κ2) is 9.87. The van der Waals surface area contributed by atoms with Crippen molar-refractivity contribution in [3.05, 3.63) is 0 Å². The molecule has 3 N–H and O–H groups in total. The van der Waals surface area contributed by atoms with Crippen LogP contribution in [0.5, 0.6) is 0 Å². The first-order chi connectivity index (χ1) is 3.68. The van der Waals surface area contributed by atoms with E-state index in [2.05, 4.69) is 5.73 Å². The second-order valence-electron chi connectivity index (χ2n) is 0.865. The minimum absolute atomic E-state index is 0.278. The quantitative estimate of drug-likeness (QED) is 0.513. The molecule has 0 fully saturated rings. The van der Waals surface area contributed by atoms with E-state index in [1.807, 2.05) is 6.92 Å². The Morgan fingerprint density at radius 3 is 2.00 bits per heavy atom. The van der Waals surface area contributed by atoms with Crippen LogP contribution in [0.2, 0.25) is 0 Å². The van der Waals surface area contributed by atoms with E-state index >= 15 is 0 Å². The van der Waals surface area contributed by atoms with Gasteiger partial charge in [-0.25, -0.2) is 0 Å². The van der Waals surface area contributed by atoms with Gasteiger partial charge in [0.1, 0.15) is 0 Å². The Balaban J connectivity index is 0. The topological polar surface area (TPSA) is 63.3 Å². The Hall–Kier alpha value is -0.280. The molecule has 0 aromatic carbocycles. The molecule has 0 atom stereocenters. The molecule has 0 saturated carbocycles. The molecule has 0 radical (unpaired) electrons. The van der Waals surface area contributed by atoms with Gasteiger partial charge >= 0.3 is 5.97 Å². The fourth-order valence-electron chi connectivity index (χ4n) is 0. The molecule has 0 aliphatic rings. The van der Waals surface area contributed by atoms with Crippen molar-refractivity contribution in [1.29, 1.82) is 0 Å². The van der Waals surface area contributed by atoms with Crippen molar-refractivity contribution in [3.63, 3.8) is 0 Å². The van der Waals surface area contributed by atoms with Gasteiger partial charge in [-0.1, -0.05) is 6.92 Å². The van der Waals surface area contributed by atoms with Gasteiger partial charge in [-0.15, -0.1) is 11.6 Å². The minimum atomic E-state index is -0.968. The molecule has 0 aliphatic heterocycles. The van der Waals surface area contributed by atoms with Gasteiger partial charge in [0.15, 0.2) is 0 Å². The van der Waals surface area contributed by atoms with Gasteiger partial charge in [-0.05, 0) is 0 Å².